The molecule has 21 heavy (non-hydrogen) atoms. The Kier molecular flexibility index (Phi) is 4.23. The average Bonchev–Trinajstić information content (AvgIpc) is 2.47. The molecule has 1 atom stereocenters. The predicted molar refractivity (Wildman–Crippen MR) is 81.3 cm³/mol. The monoisotopic (exact) mass is 284 g/mol. The van der Waals surface area contributed by atoms with Crippen molar-refractivity contribution in [3.05, 3.63) is 59.7 Å². The van der Waals surface area contributed by atoms with Crippen LogP contribution >= 0.6 is 0 Å². The second-order valence-corrected chi connectivity index (χ2v) is 4.73. The van der Waals surface area contributed by atoms with E-state index in [4.69, 9.17) is 10.8 Å². The molecule has 0 aromatic heterocycles. The molecule has 0 saturated carbocycles. The number of nitrogens with one attached hydrogen (secondary N) is 1. The summed E-state index contributed by atoms with van der Waals surface area (Å²) in [5.41, 5.74) is 7.11. The van der Waals surface area contributed by atoms with Gasteiger partial charge < -0.3 is 16.2 Å². The standard InChI is InChI=1S/C16H16N2O3/c1-10(11-5-3-2-4-6-11)15(19)18-14-9-12(17)7-8-13(14)16(20)21/h2-10H,17H2,1H3,(H,18,19)(H,20,21). The molecule has 5 heteroatoms. The summed E-state index contributed by atoms with van der Waals surface area (Å²) in [6.45, 7) is 1.76. The number of carboxylic acids is 1. The largest absolute Gasteiger partial charge is 0.478 e. The third kappa shape index (κ3) is 3.39. The normalized spacial score (nSPS) is 11.7. The van der Waals surface area contributed by atoms with E-state index in [1.54, 1.807) is 6.92 Å². The van der Waals surface area contributed by atoms with E-state index in [-0.39, 0.29) is 17.2 Å². The maximum absolute atomic E-state index is 12.3. The Balaban J connectivity index is 2.24. The zero-order valence-corrected chi connectivity index (χ0v) is 11.5. The number of rotatable bonds is 4. The van der Waals surface area contributed by atoms with Crippen LogP contribution < -0.4 is 11.1 Å². The average molecular weight is 284 g/mol. The van der Waals surface area contributed by atoms with Crippen molar-refractivity contribution in [2.24, 2.45) is 0 Å². The minimum atomic E-state index is -1.11. The van der Waals surface area contributed by atoms with Crippen LogP contribution in [0.25, 0.3) is 0 Å². The second-order valence-electron chi connectivity index (χ2n) is 4.73. The topological polar surface area (TPSA) is 92.4 Å². The zero-order valence-electron chi connectivity index (χ0n) is 11.5. The van der Waals surface area contributed by atoms with Crippen LogP contribution in [-0.4, -0.2) is 17.0 Å². The van der Waals surface area contributed by atoms with Gasteiger partial charge in [-0.05, 0) is 30.7 Å². The molecule has 2 aromatic rings. The Hall–Kier alpha value is -2.82. The van der Waals surface area contributed by atoms with Gasteiger partial charge in [0.2, 0.25) is 5.91 Å². The summed E-state index contributed by atoms with van der Waals surface area (Å²) in [4.78, 5) is 23.4. The summed E-state index contributed by atoms with van der Waals surface area (Å²) in [5, 5.41) is 11.8. The maximum Gasteiger partial charge on any atom is 0.337 e. The van der Waals surface area contributed by atoms with Gasteiger partial charge in [0.05, 0.1) is 17.2 Å². The number of amides is 1. The van der Waals surface area contributed by atoms with Crippen LogP contribution in [0.2, 0.25) is 0 Å². The van der Waals surface area contributed by atoms with Gasteiger partial charge in [-0.3, -0.25) is 4.79 Å². The molecule has 1 unspecified atom stereocenters. The van der Waals surface area contributed by atoms with E-state index in [2.05, 4.69) is 5.32 Å². The Morgan fingerprint density at radius 1 is 1.14 bits per heavy atom. The lowest BCUT2D eigenvalue weighted by molar-refractivity contribution is -0.117. The number of nitrogens with two attached hydrogens (primary N) is 1. The molecule has 4 N–H and O–H groups in total. The van der Waals surface area contributed by atoms with Gasteiger partial charge in [0.25, 0.3) is 0 Å². The number of hydrogen-bond acceptors (Lipinski definition) is 3. The molecule has 0 heterocycles. The van der Waals surface area contributed by atoms with E-state index < -0.39 is 11.9 Å². The lowest BCUT2D eigenvalue weighted by Gasteiger charge is -2.14. The second kappa shape index (κ2) is 6.09. The lowest BCUT2D eigenvalue weighted by atomic mass is 10.00. The minimum Gasteiger partial charge on any atom is -0.478 e. The molecule has 0 radical (unpaired) electrons. The van der Waals surface area contributed by atoms with E-state index >= 15 is 0 Å². The molecule has 2 rings (SSSR count). The van der Waals surface area contributed by atoms with E-state index in [0.29, 0.717) is 5.69 Å². The van der Waals surface area contributed by atoms with Gasteiger partial charge in [-0.1, -0.05) is 30.3 Å². The van der Waals surface area contributed by atoms with Crippen molar-refractivity contribution in [1.82, 2.24) is 0 Å². The van der Waals surface area contributed by atoms with Crippen LogP contribution in [0, 0.1) is 0 Å². The Bertz CT molecular complexity index is 668. The predicted octanol–water partition coefficient (Wildman–Crippen LogP) is 2.71. The van der Waals surface area contributed by atoms with Gasteiger partial charge in [-0.15, -0.1) is 0 Å². The van der Waals surface area contributed by atoms with Gasteiger partial charge in [0.1, 0.15) is 0 Å². The number of carbonyl (C=O) groups is 2. The summed E-state index contributed by atoms with van der Waals surface area (Å²) in [7, 11) is 0. The number of carbonyl (C=O) groups excluding carboxylic acids is 1. The SMILES string of the molecule is CC(C(=O)Nc1cc(N)ccc1C(=O)O)c1ccccc1. The highest BCUT2D eigenvalue weighted by Gasteiger charge is 2.18. The number of anilines is 2. The third-order valence-corrected chi connectivity index (χ3v) is 3.22. The quantitative estimate of drug-likeness (QED) is 0.753. The first-order chi connectivity index (χ1) is 9.99. The van der Waals surface area contributed by atoms with Gasteiger partial charge in [0, 0.05) is 5.69 Å². The fourth-order valence-electron chi connectivity index (χ4n) is 1.99. The van der Waals surface area contributed by atoms with Crippen LogP contribution in [-0.2, 0) is 4.79 Å². The van der Waals surface area contributed by atoms with Gasteiger partial charge >= 0.3 is 5.97 Å². The van der Waals surface area contributed by atoms with Gasteiger partial charge in [-0.25, -0.2) is 4.79 Å². The maximum atomic E-state index is 12.3. The number of nitrogen functional groups attached to an aromatic ring is 1. The summed E-state index contributed by atoms with van der Waals surface area (Å²) < 4.78 is 0. The fraction of sp³-hybridized carbons (Fsp3) is 0.125. The van der Waals surface area contributed by atoms with E-state index in [1.165, 1.54) is 18.2 Å². The molecule has 0 aliphatic carbocycles. The smallest absolute Gasteiger partial charge is 0.337 e. The molecule has 5 nitrogen and oxygen atoms in total. The van der Waals surface area contributed by atoms with E-state index in [0.717, 1.165) is 5.56 Å². The highest BCUT2D eigenvalue weighted by atomic mass is 16.4. The number of carboxylic acid groups (broad SMARTS) is 1. The van der Waals surface area contributed by atoms with Gasteiger partial charge in [-0.2, -0.15) is 0 Å². The van der Waals surface area contributed by atoms with E-state index in [9.17, 15) is 9.59 Å². The molecule has 0 fully saturated rings. The highest BCUT2D eigenvalue weighted by molar-refractivity contribution is 6.03. The highest BCUT2D eigenvalue weighted by Crippen LogP contribution is 2.22. The summed E-state index contributed by atoms with van der Waals surface area (Å²) >= 11 is 0. The zero-order chi connectivity index (χ0) is 15.4. The molecule has 0 bridgehead atoms. The molecule has 108 valence electrons. The first kappa shape index (κ1) is 14.6. The molecule has 0 aliphatic heterocycles. The van der Waals surface area contributed by atoms with Crippen molar-refractivity contribution in [2.75, 3.05) is 11.1 Å². The molecular weight excluding hydrogens is 268 g/mol. The minimum absolute atomic E-state index is 0.0119. The van der Waals surface area contributed by atoms with Crippen LogP contribution in [0.15, 0.2) is 48.5 Å². The number of benzene rings is 2. The Labute approximate surface area is 122 Å². The van der Waals surface area contributed by atoms with Crippen molar-refractivity contribution in [1.29, 1.82) is 0 Å². The number of aromatic carboxylic acids is 1. The van der Waals surface area contributed by atoms with Crippen molar-refractivity contribution in [3.8, 4) is 0 Å². The molecule has 0 aliphatic rings. The summed E-state index contributed by atoms with van der Waals surface area (Å²) in [6, 6.07) is 13.6. The summed E-state index contributed by atoms with van der Waals surface area (Å²) in [6.07, 6.45) is 0. The molecule has 2 aromatic carbocycles. The molecule has 0 spiro atoms. The van der Waals surface area contributed by atoms with Crippen molar-refractivity contribution in [3.63, 3.8) is 0 Å². The van der Waals surface area contributed by atoms with Crippen molar-refractivity contribution < 1.29 is 14.7 Å². The molecule has 0 saturated heterocycles. The van der Waals surface area contributed by atoms with Crippen molar-refractivity contribution >= 4 is 23.3 Å². The van der Waals surface area contributed by atoms with Gasteiger partial charge in [0.15, 0.2) is 0 Å². The van der Waals surface area contributed by atoms with Crippen LogP contribution in [0.4, 0.5) is 11.4 Å². The van der Waals surface area contributed by atoms with Crippen LogP contribution in [0.5, 0.6) is 0 Å². The molecule has 1 amide bonds. The first-order valence-electron chi connectivity index (χ1n) is 6.47. The van der Waals surface area contributed by atoms with Crippen molar-refractivity contribution in [2.45, 2.75) is 12.8 Å². The Morgan fingerprint density at radius 3 is 2.43 bits per heavy atom. The molecular formula is C16H16N2O3. The lowest BCUT2D eigenvalue weighted by Crippen LogP contribution is -2.20. The number of hydrogen-bond donors (Lipinski definition) is 3. The van der Waals surface area contributed by atoms with E-state index in [1.807, 2.05) is 30.3 Å². The van der Waals surface area contributed by atoms with Crippen LogP contribution in [0.1, 0.15) is 28.8 Å². The first-order valence-corrected chi connectivity index (χ1v) is 6.47. The summed E-state index contributed by atoms with van der Waals surface area (Å²) in [5.74, 6) is -1.79. The third-order valence-electron chi connectivity index (χ3n) is 3.22. The fourth-order valence-corrected chi connectivity index (χ4v) is 1.99. The Morgan fingerprint density at radius 2 is 1.81 bits per heavy atom. The van der Waals surface area contributed by atoms with Crippen LogP contribution in [0.3, 0.4) is 0 Å².